The van der Waals surface area contributed by atoms with E-state index in [1.807, 2.05) is 0 Å². The first-order valence-electron chi connectivity index (χ1n) is 6.77. The molecule has 3 atom stereocenters. The molecule has 0 amide bonds. The van der Waals surface area contributed by atoms with Crippen molar-refractivity contribution in [1.82, 2.24) is 4.90 Å². The summed E-state index contributed by atoms with van der Waals surface area (Å²) in [6, 6.07) is 0.544. The van der Waals surface area contributed by atoms with Gasteiger partial charge >= 0.3 is 0 Å². The van der Waals surface area contributed by atoms with Crippen molar-refractivity contribution in [2.45, 2.75) is 44.6 Å². The van der Waals surface area contributed by atoms with Gasteiger partial charge in [0.1, 0.15) is 0 Å². The topological polar surface area (TPSA) is 41.6 Å². The van der Waals surface area contributed by atoms with Crippen molar-refractivity contribution in [2.75, 3.05) is 13.6 Å². The van der Waals surface area contributed by atoms with Crippen LogP contribution >= 0.6 is 0 Å². The lowest BCUT2D eigenvalue weighted by molar-refractivity contribution is 0.275. The van der Waals surface area contributed by atoms with E-state index in [4.69, 9.17) is 5.73 Å². The van der Waals surface area contributed by atoms with Gasteiger partial charge in [0.2, 0.25) is 0 Å². The summed E-state index contributed by atoms with van der Waals surface area (Å²) in [7, 11) is 2.10. The van der Waals surface area contributed by atoms with Crippen LogP contribution in [0, 0.1) is 17.8 Å². The van der Waals surface area contributed by atoms with Crippen LogP contribution in [0.5, 0.6) is 0 Å². The van der Waals surface area contributed by atoms with Gasteiger partial charge in [0.25, 0.3) is 0 Å². The number of nitrogens with two attached hydrogens (primary N) is 1. The highest BCUT2D eigenvalue weighted by Gasteiger charge is 2.39. The number of aliphatic imine (C=N–C) groups is 1. The fraction of sp³-hybridized carbons (Fsp3) is 0.923. The van der Waals surface area contributed by atoms with E-state index in [2.05, 4.69) is 16.9 Å². The van der Waals surface area contributed by atoms with Gasteiger partial charge in [-0.2, -0.15) is 0 Å². The Labute approximate surface area is 98.1 Å². The Hall–Kier alpha value is -0.730. The van der Waals surface area contributed by atoms with Gasteiger partial charge in [0.15, 0.2) is 5.96 Å². The Morgan fingerprint density at radius 1 is 1.25 bits per heavy atom. The predicted octanol–water partition coefficient (Wildman–Crippen LogP) is 1.83. The van der Waals surface area contributed by atoms with Gasteiger partial charge in [0.05, 0.1) is 6.04 Å². The lowest BCUT2D eigenvalue weighted by Gasteiger charge is -2.27. The molecular weight excluding hydrogens is 198 g/mol. The van der Waals surface area contributed by atoms with E-state index in [0.717, 1.165) is 30.3 Å². The zero-order valence-electron chi connectivity index (χ0n) is 10.2. The first-order chi connectivity index (χ1) is 7.72. The first kappa shape index (κ1) is 10.4. The van der Waals surface area contributed by atoms with Crippen LogP contribution in [0.4, 0.5) is 0 Å². The van der Waals surface area contributed by atoms with Crippen molar-refractivity contribution in [3.63, 3.8) is 0 Å². The molecule has 0 spiro atoms. The molecular formula is C13H23N3. The molecule has 3 aliphatic carbocycles. The molecule has 3 rings (SSSR count). The zero-order valence-corrected chi connectivity index (χ0v) is 10.2. The van der Waals surface area contributed by atoms with Gasteiger partial charge in [-0.1, -0.05) is 6.42 Å². The molecule has 3 nitrogen and oxygen atoms in total. The Kier molecular flexibility index (Phi) is 2.56. The van der Waals surface area contributed by atoms with Crippen LogP contribution in [0.25, 0.3) is 0 Å². The fourth-order valence-electron chi connectivity index (χ4n) is 3.53. The number of fused-ring (bicyclic) bond motifs is 2. The quantitative estimate of drug-likeness (QED) is 0.583. The maximum Gasteiger partial charge on any atom is 0.191 e. The maximum atomic E-state index is 6.01. The molecule has 2 N–H and O–H groups in total. The molecule has 3 saturated carbocycles. The minimum Gasteiger partial charge on any atom is -0.370 e. The van der Waals surface area contributed by atoms with Gasteiger partial charge in [-0.3, -0.25) is 0 Å². The molecule has 16 heavy (non-hydrogen) atoms. The van der Waals surface area contributed by atoms with Crippen LogP contribution in [-0.2, 0) is 0 Å². The lowest BCUT2D eigenvalue weighted by atomic mass is 9.88. The molecule has 3 unspecified atom stereocenters. The molecule has 3 heteroatoms. The van der Waals surface area contributed by atoms with Crippen molar-refractivity contribution in [3.05, 3.63) is 0 Å². The number of guanidine groups is 1. The Morgan fingerprint density at radius 2 is 2.06 bits per heavy atom. The van der Waals surface area contributed by atoms with Crippen LogP contribution < -0.4 is 5.73 Å². The molecule has 0 heterocycles. The highest BCUT2D eigenvalue weighted by Crippen LogP contribution is 2.48. The van der Waals surface area contributed by atoms with Crippen molar-refractivity contribution >= 4 is 5.96 Å². The molecule has 0 aromatic rings. The van der Waals surface area contributed by atoms with E-state index in [1.54, 1.807) is 0 Å². The summed E-state index contributed by atoms with van der Waals surface area (Å²) in [6.07, 6.45) is 8.34. The molecule has 0 aromatic carbocycles. The summed E-state index contributed by atoms with van der Waals surface area (Å²) >= 11 is 0. The van der Waals surface area contributed by atoms with Crippen LogP contribution in [0.3, 0.4) is 0 Å². The average Bonchev–Trinajstić information content (AvgIpc) is 2.84. The molecule has 0 saturated heterocycles. The van der Waals surface area contributed by atoms with Gasteiger partial charge in [-0.05, 0) is 49.9 Å². The normalized spacial score (nSPS) is 38.1. The molecule has 3 aliphatic rings. The number of rotatable bonds is 3. The summed E-state index contributed by atoms with van der Waals surface area (Å²) in [5.41, 5.74) is 6.01. The van der Waals surface area contributed by atoms with E-state index in [1.165, 1.54) is 38.5 Å². The lowest BCUT2D eigenvalue weighted by Crippen LogP contribution is -2.38. The minimum atomic E-state index is 0.544. The second-order valence-electron chi connectivity index (χ2n) is 6.03. The van der Waals surface area contributed by atoms with Crippen LogP contribution in [0.1, 0.15) is 38.5 Å². The van der Waals surface area contributed by atoms with Crippen molar-refractivity contribution in [3.8, 4) is 0 Å². The van der Waals surface area contributed by atoms with Crippen molar-refractivity contribution in [1.29, 1.82) is 0 Å². The summed E-state index contributed by atoms with van der Waals surface area (Å²) < 4.78 is 0. The third-order valence-corrected chi connectivity index (χ3v) is 4.65. The summed E-state index contributed by atoms with van der Waals surface area (Å²) in [5.74, 6) is 3.67. The third kappa shape index (κ3) is 2.04. The van der Waals surface area contributed by atoms with Gasteiger partial charge in [-0.25, -0.2) is 4.99 Å². The third-order valence-electron chi connectivity index (χ3n) is 4.65. The highest BCUT2D eigenvalue weighted by atomic mass is 15.2. The summed E-state index contributed by atoms with van der Waals surface area (Å²) in [6.45, 7) is 1.13. The molecule has 0 aliphatic heterocycles. The molecule has 0 aromatic heterocycles. The Balaban J connectivity index is 1.54. The highest BCUT2D eigenvalue weighted by molar-refractivity contribution is 5.78. The molecule has 2 bridgehead atoms. The van der Waals surface area contributed by atoms with Crippen LogP contribution in [0.15, 0.2) is 4.99 Å². The van der Waals surface area contributed by atoms with E-state index >= 15 is 0 Å². The average molecular weight is 221 g/mol. The van der Waals surface area contributed by atoms with Crippen LogP contribution in [-0.4, -0.2) is 30.5 Å². The summed E-state index contributed by atoms with van der Waals surface area (Å²) in [5, 5.41) is 0. The van der Waals surface area contributed by atoms with Crippen molar-refractivity contribution in [2.24, 2.45) is 28.5 Å². The van der Waals surface area contributed by atoms with Gasteiger partial charge < -0.3 is 10.6 Å². The number of hydrogen-bond acceptors (Lipinski definition) is 1. The van der Waals surface area contributed by atoms with E-state index in [0.29, 0.717) is 6.04 Å². The Bertz CT molecular complexity index is 296. The maximum absolute atomic E-state index is 6.01. The molecule has 0 radical (unpaired) electrons. The SMILES string of the molecule is CN(CC1CC2CCC1C2)C(N)=NC1CC1. The smallest absolute Gasteiger partial charge is 0.191 e. The van der Waals surface area contributed by atoms with E-state index < -0.39 is 0 Å². The van der Waals surface area contributed by atoms with Gasteiger partial charge in [0, 0.05) is 13.6 Å². The standard InChI is InChI=1S/C13H23N3/c1-16(13(14)15-12-4-5-12)8-11-7-9-2-3-10(11)6-9/h9-12H,2-8H2,1H3,(H2,14,15). The van der Waals surface area contributed by atoms with E-state index in [-0.39, 0.29) is 0 Å². The molecule has 3 fully saturated rings. The fourth-order valence-corrected chi connectivity index (χ4v) is 3.53. The largest absolute Gasteiger partial charge is 0.370 e. The van der Waals surface area contributed by atoms with Crippen LogP contribution in [0.2, 0.25) is 0 Å². The predicted molar refractivity (Wildman–Crippen MR) is 66.2 cm³/mol. The van der Waals surface area contributed by atoms with E-state index in [9.17, 15) is 0 Å². The first-order valence-corrected chi connectivity index (χ1v) is 6.77. The monoisotopic (exact) mass is 221 g/mol. The minimum absolute atomic E-state index is 0.544. The summed E-state index contributed by atoms with van der Waals surface area (Å²) in [4.78, 5) is 6.70. The van der Waals surface area contributed by atoms with Gasteiger partial charge in [-0.15, -0.1) is 0 Å². The van der Waals surface area contributed by atoms with Crippen molar-refractivity contribution < 1.29 is 0 Å². The zero-order chi connectivity index (χ0) is 11.1. The number of hydrogen-bond donors (Lipinski definition) is 1. The second-order valence-corrected chi connectivity index (χ2v) is 6.03. The molecule has 90 valence electrons. The second kappa shape index (κ2) is 3.94. The Morgan fingerprint density at radius 3 is 2.62 bits per heavy atom. The number of nitrogens with zero attached hydrogens (tertiary/aromatic N) is 2.